The van der Waals surface area contributed by atoms with E-state index in [0.717, 1.165) is 12.1 Å². The molecule has 0 radical (unpaired) electrons. The van der Waals surface area contributed by atoms with Gasteiger partial charge in [0.05, 0.1) is 24.8 Å². The van der Waals surface area contributed by atoms with E-state index < -0.39 is 17.5 Å². The maximum absolute atomic E-state index is 13.7. The fraction of sp³-hybridized carbons (Fsp3) is 0.467. The first-order chi connectivity index (χ1) is 10.9. The van der Waals surface area contributed by atoms with Gasteiger partial charge in [-0.1, -0.05) is 0 Å². The lowest BCUT2D eigenvalue weighted by atomic mass is 10.1. The zero-order valence-electron chi connectivity index (χ0n) is 13.0. The summed E-state index contributed by atoms with van der Waals surface area (Å²) < 4.78 is 32.0. The number of rotatable bonds is 3. The molecule has 0 aromatic heterocycles. The normalized spacial score (nSPS) is 17.4. The SMILES string of the molecule is CN(C)CC1COCCN1C(=O)c1ccc(F)cc1F.O=CO. The van der Waals surface area contributed by atoms with E-state index in [4.69, 9.17) is 14.6 Å². The Kier molecular flexibility index (Phi) is 7.56. The highest BCUT2D eigenvalue weighted by molar-refractivity contribution is 5.94. The number of carbonyl (C=O) groups excluding carboxylic acids is 1. The predicted octanol–water partition coefficient (Wildman–Crippen LogP) is 1.07. The molecule has 0 aliphatic carbocycles. The Morgan fingerprint density at radius 1 is 1.48 bits per heavy atom. The van der Waals surface area contributed by atoms with E-state index in [-0.39, 0.29) is 18.1 Å². The standard InChI is InChI=1S/C14H18F2N2O2.CH2O2/c1-17(2)8-11-9-20-6-5-18(11)14(19)12-4-3-10(15)7-13(12)16;2-1-3/h3-4,7,11H,5-6,8-9H2,1-2H3;1H,(H,2,3). The van der Waals surface area contributed by atoms with E-state index in [1.165, 1.54) is 6.07 Å². The third-order valence-corrected chi connectivity index (χ3v) is 3.23. The minimum atomic E-state index is -0.829. The lowest BCUT2D eigenvalue weighted by molar-refractivity contribution is -0.122. The first kappa shape index (κ1) is 19.0. The summed E-state index contributed by atoms with van der Waals surface area (Å²) in [6.45, 7) is 1.65. The number of hydrogen-bond acceptors (Lipinski definition) is 4. The maximum Gasteiger partial charge on any atom is 0.290 e. The first-order valence-electron chi connectivity index (χ1n) is 6.97. The van der Waals surface area contributed by atoms with Crippen LogP contribution < -0.4 is 0 Å². The molecule has 8 heteroatoms. The van der Waals surface area contributed by atoms with Gasteiger partial charge in [0.25, 0.3) is 12.4 Å². The number of likely N-dealkylation sites (N-methyl/N-ethyl adjacent to an activating group) is 1. The zero-order chi connectivity index (χ0) is 17.4. The summed E-state index contributed by atoms with van der Waals surface area (Å²) in [4.78, 5) is 24.3. The van der Waals surface area contributed by atoms with Crippen LogP contribution in [0.4, 0.5) is 8.78 Å². The average molecular weight is 330 g/mol. The molecular formula is C15H20F2N2O4. The fourth-order valence-corrected chi connectivity index (χ4v) is 2.31. The molecule has 1 saturated heterocycles. The smallest absolute Gasteiger partial charge is 0.290 e. The number of halogens is 2. The van der Waals surface area contributed by atoms with Crippen LogP contribution in [0.2, 0.25) is 0 Å². The quantitative estimate of drug-likeness (QED) is 0.840. The van der Waals surface area contributed by atoms with Crippen molar-refractivity contribution in [1.29, 1.82) is 0 Å². The topological polar surface area (TPSA) is 70.1 Å². The van der Waals surface area contributed by atoms with Gasteiger partial charge in [0.15, 0.2) is 0 Å². The molecule has 0 saturated carbocycles. The minimum absolute atomic E-state index is 0.0999. The lowest BCUT2D eigenvalue weighted by Gasteiger charge is -2.37. The summed E-state index contributed by atoms with van der Waals surface area (Å²) in [6.07, 6.45) is 0. The van der Waals surface area contributed by atoms with E-state index in [9.17, 15) is 13.6 Å². The number of carbonyl (C=O) groups is 2. The van der Waals surface area contributed by atoms with Gasteiger partial charge in [-0.3, -0.25) is 9.59 Å². The van der Waals surface area contributed by atoms with E-state index in [1.54, 1.807) is 4.90 Å². The van der Waals surface area contributed by atoms with Crippen molar-refractivity contribution >= 4 is 12.4 Å². The van der Waals surface area contributed by atoms with Crippen molar-refractivity contribution < 1.29 is 28.2 Å². The number of hydrogen-bond donors (Lipinski definition) is 1. The van der Waals surface area contributed by atoms with Crippen molar-refractivity contribution in [3.63, 3.8) is 0 Å². The highest BCUT2D eigenvalue weighted by atomic mass is 19.1. The number of amides is 1. The molecule has 1 N–H and O–H groups in total. The van der Waals surface area contributed by atoms with E-state index in [1.807, 2.05) is 19.0 Å². The van der Waals surface area contributed by atoms with Crippen LogP contribution >= 0.6 is 0 Å². The molecule has 1 atom stereocenters. The largest absolute Gasteiger partial charge is 0.483 e. The van der Waals surface area contributed by atoms with Crippen molar-refractivity contribution in [2.24, 2.45) is 0 Å². The Morgan fingerprint density at radius 2 is 2.13 bits per heavy atom. The summed E-state index contributed by atoms with van der Waals surface area (Å²) in [5, 5.41) is 6.89. The van der Waals surface area contributed by atoms with Crippen LogP contribution in [0.3, 0.4) is 0 Å². The van der Waals surface area contributed by atoms with Crippen LogP contribution in [0, 0.1) is 11.6 Å². The molecule has 1 amide bonds. The molecule has 0 bridgehead atoms. The second kappa shape index (κ2) is 9.16. The van der Waals surface area contributed by atoms with E-state index in [0.29, 0.717) is 26.3 Å². The number of carboxylic acid groups (broad SMARTS) is 1. The third kappa shape index (κ3) is 5.57. The van der Waals surface area contributed by atoms with Gasteiger partial charge in [-0.25, -0.2) is 8.78 Å². The first-order valence-corrected chi connectivity index (χ1v) is 6.97. The molecule has 1 heterocycles. The summed E-state index contributed by atoms with van der Waals surface area (Å²) in [5.41, 5.74) is -0.0999. The van der Waals surface area contributed by atoms with Gasteiger partial charge in [0.2, 0.25) is 0 Å². The second-order valence-electron chi connectivity index (χ2n) is 5.22. The van der Waals surface area contributed by atoms with Crippen molar-refractivity contribution in [1.82, 2.24) is 9.80 Å². The fourth-order valence-electron chi connectivity index (χ4n) is 2.31. The summed E-state index contributed by atoms with van der Waals surface area (Å²) >= 11 is 0. The van der Waals surface area contributed by atoms with Gasteiger partial charge in [-0.15, -0.1) is 0 Å². The Bertz CT molecular complexity index is 540. The van der Waals surface area contributed by atoms with Crippen LogP contribution in [0.1, 0.15) is 10.4 Å². The monoisotopic (exact) mass is 330 g/mol. The van der Waals surface area contributed by atoms with Crippen LogP contribution in [0.25, 0.3) is 0 Å². The average Bonchev–Trinajstić information content (AvgIpc) is 2.47. The Balaban J connectivity index is 0.000000816. The zero-order valence-corrected chi connectivity index (χ0v) is 13.0. The molecule has 128 valence electrons. The minimum Gasteiger partial charge on any atom is -0.483 e. The molecule has 1 aliphatic rings. The highest BCUT2D eigenvalue weighted by Crippen LogP contribution is 2.16. The molecule has 1 unspecified atom stereocenters. The van der Waals surface area contributed by atoms with Crippen molar-refractivity contribution in [2.45, 2.75) is 6.04 Å². The number of benzene rings is 1. The van der Waals surface area contributed by atoms with Crippen LogP contribution in [0.15, 0.2) is 18.2 Å². The number of ether oxygens (including phenoxy) is 1. The van der Waals surface area contributed by atoms with Gasteiger partial charge in [0, 0.05) is 19.2 Å². The van der Waals surface area contributed by atoms with Gasteiger partial charge < -0.3 is 19.6 Å². The van der Waals surface area contributed by atoms with Gasteiger partial charge >= 0.3 is 0 Å². The van der Waals surface area contributed by atoms with Crippen molar-refractivity contribution in [3.05, 3.63) is 35.4 Å². The molecule has 0 spiro atoms. The van der Waals surface area contributed by atoms with Gasteiger partial charge in [-0.2, -0.15) is 0 Å². The second-order valence-corrected chi connectivity index (χ2v) is 5.22. The Morgan fingerprint density at radius 3 is 2.70 bits per heavy atom. The van der Waals surface area contributed by atoms with Crippen LogP contribution in [0.5, 0.6) is 0 Å². The summed E-state index contributed by atoms with van der Waals surface area (Å²) in [5.74, 6) is -1.94. The number of nitrogens with zero attached hydrogens (tertiary/aromatic N) is 2. The van der Waals surface area contributed by atoms with Gasteiger partial charge in [0.1, 0.15) is 11.6 Å². The van der Waals surface area contributed by atoms with E-state index in [2.05, 4.69) is 0 Å². The molecule has 1 aromatic rings. The molecule has 6 nitrogen and oxygen atoms in total. The molecule has 1 aliphatic heterocycles. The Labute approximate surface area is 133 Å². The van der Waals surface area contributed by atoms with Crippen molar-refractivity contribution in [2.75, 3.05) is 40.4 Å². The number of morpholine rings is 1. The summed E-state index contributed by atoms with van der Waals surface area (Å²) in [6, 6.07) is 2.89. The van der Waals surface area contributed by atoms with Crippen molar-refractivity contribution in [3.8, 4) is 0 Å². The molecule has 23 heavy (non-hydrogen) atoms. The van der Waals surface area contributed by atoms with Crippen LogP contribution in [-0.4, -0.2) is 73.7 Å². The van der Waals surface area contributed by atoms with Crippen LogP contribution in [-0.2, 0) is 9.53 Å². The predicted molar refractivity (Wildman–Crippen MR) is 79.2 cm³/mol. The highest BCUT2D eigenvalue weighted by Gasteiger charge is 2.29. The summed E-state index contributed by atoms with van der Waals surface area (Å²) in [7, 11) is 3.80. The molecule has 1 aromatic carbocycles. The molecule has 1 fully saturated rings. The Hall–Kier alpha value is -2.06. The molecular weight excluding hydrogens is 310 g/mol. The molecule has 2 rings (SSSR count). The third-order valence-electron chi connectivity index (χ3n) is 3.23. The van der Waals surface area contributed by atoms with Gasteiger partial charge in [-0.05, 0) is 26.2 Å². The van der Waals surface area contributed by atoms with E-state index >= 15 is 0 Å². The lowest BCUT2D eigenvalue weighted by Crippen LogP contribution is -2.52. The maximum atomic E-state index is 13.7.